The largest absolute Gasteiger partial charge is 0.493 e. The maximum atomic E-state index is 5.65. The third kappa shape index (κ3) is 3.26. The molecule has 6 heteroatoms. The SMILES string of the molecule is COc1cc(Cc2c3ccccc3c(OC)c(OC)[n+]2C)cc(OC)c1OC. The second-order valence-corrected chi connectivity index (χ2v) is 6.30. The standard InChI is InChI=1S/C22H26NO5/c1-23-17(11-14-12-18(24-2)21(27-5)19(13-14)25-3)15-9-7-8-10-16(15)20(26-4)22(23)28-6/h7-10,12-13H,11H2,1-6H3/q+1. The average molecular weight is 384 g/mol. The van der Waals surface area contributed by atoms with Crippen molar-refractivity contribution in [3.8, 4) is 28.9 Å². The van der Waals surface area contributed by atoms with Gasteiger partial charge in [0, 0.05) is 5.39 Å². The van der Waals surface area contributed by atoms with Crippen LogP contribution in [0.3, 0.4) is 0 Å². The summed E-state index contributed by atoms with van der Waals surface area (Å²) < 4.78 is 29.7. The number of ether oxygens (including phenoxy) is 5. The molecular weight excluding hydrogens is 358 g/mol. The van der Waals surface area contributed by atoms with Crippen LogP contribution in [0.2, 0.25) is 0 Å². The number of nitrogens with zero attached hydrogens (tertiary/aromatic N) is 1. The molecule has 6 nitrogen and oxygen atoms in total. The van der Waals surface area contributed by atoms with Crippen LogP contribution in [0.25, 0.3) is 10.8 Å². The molecule has 1 heterocycles. The first-order valence-electron chi connectivity index (χ1n) is 8.90. The van der Waals surface area contributed by atoms with Gasteiger partial charge in [-0.25, -0.2) is 0 Å². The highest BCUT2D eigenvalue weighted by molar-refractivity contribution is 5.90. The molecular formula is C22H26NO5+. The molecule has 0 unspecified atom stereocenters. The van der Waals surface area contributed by atoms with Crippen molar-refractivity contribution in [2.45, 2.75) is 6.42 Å². The summed E-state index contributed by atoms with van der Waals surface area (Å²) in [4.78, 5) is 0. The highest BCUT2D eigenvalue weighted by Gasteiger charge is 2.26. The van der Waals surface area contributed by atoms with E-state index in [0.717, 1.165) is 22.0 Å². The highest BCUT2D eigenvalue weighted by Crippen LogP contribution is 2.40. The summed E-state index contributed by atoms with van der Waals surface area (Å²) in [6.45, 7) is 0. The predicted octanol–water partition coefficient (Wildman–Crippen LogP) is 3.30. The zero-order valence-corrected chi connectivity index (χ0v) is 17.2. The predicted molar refractivity (Wildman–Crippen MR) is 107 cm³/mol. The van der Waals surface area contributed by atoms with Crippen molar-refractivity contribution in [2.75, 3.05) is 35.5 Å². The van der Waals surface area contributed by atoms with Gasteiger partial charge in [0.25, 0.3) is 0 Å². The van der Waals surface area contributed by atoms with Gasteiger partial charge in [0.1, 0.15) is 7.05 Å². The topological polar surface area (TPSA) is 50.0 Å². The van der Waals surface area contributed by atoms with Crippen molar-refractivity contribution < 1.29 is 28.3 Å². The molecule has 0 aliphatic rings. The van der Waals surface area contributed by atoms with Gasteiger partial charge in [0.15, 0.2) is 17.2 Å². The van der Waals surface area contributed by atoms with Crippen molar-refractivity contribution in [1.29, 1.82) is 0 Å². The number of hydrogen-bond acceptors (Lipinski definition) is 5. The molecule has 28 heavy (non-hydrogen) atoms. The molecule has 148 valence electrons. The lowest BCUT2D eigenvalue weighted by Gasteiger charge is -2.15. The van der Waals surface area contributed by atoms with Crippen LogP contribution in [0.4, 0.5) is 0 Å². The van der Waals surface area contributed by atoms with Gasteiger partial charge >= 0.3 is 5.88 Å². The van der Waals surface area contributed by atoms with E-state index in [-0.39, 0.29) is 0 Å². The molecule has 0 atom stereocenters. The third-order valence-corrected chi connectivity index (χ3v) is 4.88. The minimum absolute atomic E-state index is 0.579. The van der Waals surface area contributed by atoms with Gasteiger partial charge < -0.3 is 23.7 Å². The van der Waals surface area contributed by atoms with E-state index >= 15 is 0 Å². The lowest BCUT2D eigenvalue weighted by Crippen LogP contribution is -2.36. The summed E-state index contributed by atoms with van der Waals surface area (Å²) in [6.07, 6.45) is 0.647. The van der Waals surface area contributed by atoms with Crippen LogP contribution in [-0.2, 0) is 13.5 Å². The Hall–Kier alpha value is -3.15. The van der Waals surface area contributed by atoms with E-state index in [2.05, 4.69) is 6.07 Å². The summed E-state index contributed by atoms with van der Waals surface area (Å²) in [6, 6.07) is 12.1. The molecule has 1 aromatic heterocycles. The maximum Gasteiger partial charge on any atom is 0.411 e. The van der Waals surface area contributed by atoms with E-state index in [1.54, 1.807) is 35.5 Å². The molecule has 0 N–H and O–H groups in total. The van der Waals surface area contributed by atoms with Gasteiger partial charge in [-0.2, -0.15) is 4.57 Å². The first kappa shape index (κ1) is 19.6. The summed E-state index contributed by atoms with van der Waals surface area (Å²) in [5.41, 5.74) is 2.12. The lowest BCUT2D eigenvalue weighted by atomic mass is 10.0. The Balaban J connectivity index is 2.22. The zero-order valence-electron chi connectivity index (χ0n) is 17.2. The van der Waals surface area contributed by atoms with Crippen LogP contribution in [-0.4, -0.2) is 35.5 Å². The quantitative estimate of drug-likeness (QED) is 0.585. The Morgan fingerprint density at radius 1 is 0.714 bits per heavy atom. The monoisotopic (exact) mass is 384 g/mol. The van der Waals surface area contributed by atoms with Gasteiger partial charge in [-0.1, -0.05) is 18.2 Å². The Kier molecular flexibility index (Phi) is 5.78. The van der Waals surface area contributed by atoms with Gasteiger partial charge in [-0.05, 0) is 23.8 Å². The zero-order chi connectivity index (χ0) is 20.3. The van der Waals surface area contributed by atoms with Crippen LogP contribution in [0.15, 0.2) is 36.4 Å². The Morgan fingerprint density at radius 3 is 1.79 bits per heavy atom. The van der Waals surface area contributed by atoms with Crippen molar-refractivity contribution in [2.24, 2.45) is 7.05 Å². The Morgan fingerprint density at radius 2 is 1.29 bits per heavy atom. The molecule has 2 aromatic carbocycles. The van der Waals surface area contributed by atoms with Crippen LogP contribution in [0.1, 0.15) is 11.3 Å². The van der Waals surface area contributed by atoms with Crippen LogP contribution in [0, 0.1) is 0 Å². The highest BCUT2D eigenvalue weighted by atomic mass is 16.5. The fraction of sp³-hybridized carbons (Fsp3) is 0.318. The van der Waals surface area contributed by atoms with Crippen LogP contribution in [0.5, 0.6) is 28.9 Å². The summed E-state index contributed by atoms with van der Waals surface area (Å²) in [5.74, 6) is 3.22. The smallest absolute Gasteiger partial charge is 0.411 e. The minimum atomic E-state index is 0.579. The maximum absolute atomic E-state index is 5.65. The van der Waals surface area contributed by atoms with E-state index in [1.165, 1.54) is 0 Å². The van der Waals surface area contributed by atoms with Crippen molar-refractivity contribution >= 4 is 10.8 Å². The van der Waals surface area contributed by atoms with Gasteiger partial charge in [0.2, 0.25) is 11.5 Å². The van der Waals surface area contributed by atoms with E-state index in [0.29, 0.717) is 35.3 Å². The second kappa shape index (κ2) is 8.25. The van der Waals surface area contributed by atoms with Crippen molar-refractivity contribution in [1.82, 2.24) is 0 Å². The fourth-order valence-corrected chi connectivity index (χ4v) is 3.58. The van der Waals surface area contributed by atoms with Gasteiger partial charge in [-0.15, -0.1) is 0 Å². The summed E-state index contributed by atoms with van der Waals surface area (Å²) >= 11 is 0. The van der Waals surface area contributed by atoms with E-state index < -0.39 is 0 Å². The number of methoxy groups -OCH3 is 5. The first-order valence-corrected chi connectivity index (χ1v) is 8.90. The van der Waals surface area contributed by atoms with E-state index in [9.17, 15) is 0 Å². The van der Waals surface area contributed by atoms with Crippen LogP contribution < -0.4 is 28.3 Å². The number of pyridine rings is 1. The molecule has 0 saturated heterocycles. The minimum Gasteiger partial charge on any atom is -0.493 e. The number of hydrogen-bond donors (Lipinski definition) is 0. The molecule has 0 spiro atoms. The molecule has 3 aromatic rings. The van der Waals surface area contributed by atoms with E-state index in [4.69, 9.17) is 23.7 Å². The summed E-state index contributed by atoms with van der Waals surface area (Å²) in [7, 11) is 10.1. The van der Waals surface area contributed by atoms with Crippen molar-refractivity contribution in [3.05, 3.63) is 47.7 Å². The fourth-order valence-electron chi connectivity index (χ4n) is 3.58. The van der Waals surface area contributed by atoms with Gasteiger partial charge in [-0.3, -0.25) is 0 Å². The van der Waals surface area contributed by atoms with Crippen LogP contribution >= 0.6 is 0 Å². The molecule has 0 fully saturated rings. The number of aromatic nitrogens is 1. The summed E-state index contributed by atoms with van der Waals surface area (Å²) in [5, 5.41) is 2.10. The Bertz CT molecular complexity index is 975. The molecule has 0 aliphatic heterocycles. The lowest BCUT2D eigenvalue weighted by molar-refractivity contribution is -0.682. The molecule has 0 amide bonds. The normalized spacial score (nSPS) is 10.6. The molecule has 0 bridgehead atoms. The van der Waals surface area contributed by atoms with Crippen molar-refractivity contribution in [3.63, 3.8) is 0 Å². The van der Waals surface area contributed by atoms with E-state index in [1.807, 2.05) is 41.9 Å². The number of fused-ring (bicyclic) bond motifs is 1. The van der Waals surface area contributed by atoms with Gasteiger partial charge in [0.05, 0.1) is 47.4 Å². The number of benzene rings is 2. The average Bonchev–Trinajstić information content (AvgIpc) is 2.74. The molecule has 0 radical (unpaired) electrons. The third-order valence-electron chi connectivity index (χ3n) is 4.88. The molecule has 0 aliphatic carbocycles. The molecule has 3 rings (SSSR count). The first-order chi connectivity index (χ1) is 13.6. The molecule has 0 saturated carbocycles. The Labute approximate surface area is 165 Å². The number of rotatable bonds is 7. The second-order valence-electron chi connectivity index (χ2n) is 6.30.